The Balaban J connectivity index is 1.58. The van der Waals surface area contributed by atoms with Crippen LogP contribution in [0.4, 0.5) is 0 Å². The fourth-order valence-corrected chi connectivity index (χ4v) is 2.45. The van der Waals surface area contributed by atoms with Gasteiger partial charge in [0.1, 0.15) is 0 Å². The first-order valence-electron chi connectivity index (χ1n) is 6.28. The van der Waals surface area contributed by atoms with Crippen LogP contribution >= 0.6 is 0 Å². The van der Waals surface area contributed by atoms with Gasteiger partial charge in [-0.05, 0) is 32.6 Å². The van der Waals surface area contributed by atoms with E-state index < -0.39 is 0 Å². The highest BCUT2D eigenvalue weighted by molar-refractivity contribution is 4.95. The lowest BCUT2D eigenvalue weighted by Crippen LogP contribution is -2.60. The van der Waals surface area contributed by atoms with Gasteiger partial charge in [-0.25, -0.2) is 0 Å². The van der Waals surface area contributed by atoms with Crippen LogP contribution < -0.4 is 10.6 Å². The summed E-state index contributed by atoms with van der Waals surface area (Å²) in [5, 5.41) is 6.90. The minimum Gasteiger partial charge on any atom is -0.371 e. The van der Waals surface area contributed by atoms with Gasteiger partial charge in [-0.2, -0.15) is 0 Å². The molecule has 0 unspecified atom stereocenters. The van der Waals surface area contributed by atoms with Gasteiger partial charge < -0.3 is 15.4 Å². The molecule has 1 heterocycles. The molecular weight excluding hydrogens is 188 g/mol. The van der Waals surface area contributed by atoms with E-state index in [1.165, 1.54) is 25.7 Å². The van der Waals surface area contributed by atoms with Crippen molar-refractivity contribution in [3.05, 3.63) is 0 Å². The van der Waals surface area contributed by atoms with Crippen LogP contribution in [0.1, 0.15) is 39.5 Å². The third-order valence-electron chi connectivity index (χ3n) is 4.04. The van der Waals surface area contributed by atoms with E-state index in [0.717, 1.165) is 26.2 Å². The van der Waals surface area contributed by atoms with Crippen LogP contribution in [0.3, 0.4) is 0 Å². The van der Waals surface area contributed by atoms with Gasteiger partial charge in [0.15, 0.2) is 0 Å². The van der Waals surface area contributed by atoms with E-state index in [1.807, 2.05) is 0 Å². The van der Waals surface area contributed by atoms with Crippen molar-refractivity contribution >= 4 is 0 Å². The smallest absolute Gasteiger partial charge is 0.0902 e. The summed E-state index contributed by atoms with van der Waals surface area (Å²) < 4.78 is 5.85. The topological polar surface area (TPSA) is 33.3 Å². The molecule has 2 rings (SSSR count). The Morgan fingerprint density at radius 2 is 2.07 bits per heavy atom. The van der Waals surface area contributed by atoms with Crippen LogP contribution in [0, 0.1) is 0 Å². The molecule has 88 valence electrons. The lowest BCUT2D eigenvalue weighted by atomic mass is 9.75. The highest BCUT2D eigenvalue weighted by Crippen LogP contribution is 2.34. The molecule has 1 aliphatic carbocycles. The second-order valence-electron chi connectivity index (χ2n) is 5.32. The quantitative estimate of drug-likeness (QED) is 0.651. The molecule has 0 amide bonds. The summed E-state index contributed by atoms with van der Waals surface area (Å²) in [5.74, 6) is 0. The molecule has 0 aromatic rings. The molecule has 0 aromatic carbocycles. The fraction of sp³-hybridized carbons (Fsp3) is 1.00. The van der Waals surface area contributed by atoms with Crippen LogP contribution in [0.25, 0.3) is 0 Å². The predicted octanol–water partition coefficient (Wildman–Crippen LogP) is 1.29. The Morgan fingerprint density at radius 1 is 1.33 bits per heavy atom. The van der Waals surface area contributed by atoms with Crippen LogP contribution in [-0.4, -0.2) is 37.4 Å². The Bertz CT molecular complexity index is 204. The highest BCUT2D eigenvalue weighted by Gasteiger charge is 2.35. The lowest BCUT2D eigenvalue weighted by Gasteiger charge is -2.43. The largest absolute Gasteiger partial charge is 0.371 e. The molecule has 0 radical (unpaired) electrons. The maximum absolute atomic E-state index is 5.85. The van der Waals surface area contributed by atoms with E-state index in [2.05, 4.69) is 24.5 Å². The molecule has 2 aliphatic rings. The molecular formula is C12H24N2O. The maximum Gasteiger partial charge on any atom is 0.0902 e. The summed E-state index contributed by atoms with van der Waals surface area (Å²) >= 11 is 0. The number of nitrogens with one attached hydrogen (secondary N) is 2. The summed E-state index contributed by atoms with van der Waals surface area (Å²) in [6, 6.07) is 0. The molecule has 0 atom stereocenters. The maximum atomic E-state index is 5.85. The van der Waals surface area contributed by atoms with Crippen molar-refractivity contribution in [3.8, 4) is 0 Å². The van der Waals surface area contributed by atoms with Crippen molar-refractivity contribution in [2.24, 2.45) is 0 Å². The van der Waals surface area contributed by atoms with Crippen LogP contribution in [0.2, 0.25) is 0 Å². The number of hydrogen-bond donors (Lipinski definition) is 2. The molecule has 1 saturated heterocycles. The Hall–Kier alpha value is -0.120. The first-order chi connectivity index (χ1) is 7.18. The Kier molecular flexibility index (Phi) is 3.33. The van der Waals surface area contributed by atoms with Crippen molar-refractivity contribution in [1.82, 2.24) is 10.6 Å². The summed E-state index contributed by atoms with van der Waals surface area (Å²) in [6.07, 6.45) is 5.35. The Morgan fingerprint density at radius 3 is 2.47 bits per heavy atom. The van der Waals surface area contributed by atoms with E-state index in [1.54, 1.807) is 0 Å². The molecule has 1 aliphatic heterocycles. The molecule has 2 fully saturated rings. The second-order valence-corrected chi connectivity index (χ2v) is 5.32. The second kappa shape index (κ2) is 4.40. The molecule has 0 spiro atoms. The van der Waals surface area contributed by atoms with E-state index in [4.69, 9.17) is 4.74 Å². The van der Waals surface area contributed by atoms with Crippen molar-refractivity contribution in [3.63, 3.8) is 0 Å². The van der Waals surface area contributed by atoms with E-state index >= 15 is 0 Å². The van der Waals surface area contributed by atoms with Crippen molar-refractivity contribution in [2.45, 2.75) is 50.7 Å². The highest BCUT2D eigenvalue weighted by atomic mass is 16.5. The van der Waals surface area contributed by atoms with Crippen LogP contribution in [0.5, 0.6) is 0 Å². The van der Waals surface area contributed by atoms with Gasteiger partial charge >= 0.3 is 0 Å². The number of rotatable bonds is 6. The van der Waals surface area contributed by atoms with Gasteiger partial charge in [-0.3, -0.25) is 0 Å². The van der Waals surface area contributed by atoms with Gasteiger partial charge in [-0.15, -0.1) is 0 Å². The normalized spacial score (nSPS) is 26.8. The molecule has 3 nitrogen and oxygen atoms in total. The predicted molar refractivity (Wildman–Crippen MR) is 62.1 cm³/mol. The average Bonchev–Trinajstić information content (AvgIpc) is 2.13. The van der Waals surface area contributed by atoms with Crippen molar-refractivity contribution < 1.29 is 4.74 Å². The minimum absolute atomic E-state index is 0.112. The van der Waals surface area contributed by atoms with Gasteiger partial charge in [0.05, 0.1) is 12.2 Å². The van der Waals surface area contributed by atoms with Crippen LogP contribution in [0.15, 0.2) is 0 Å². The molecule has 0 aromatic heterocycles. The third kappa shape index (κ3) is 2.52. The third-order valence-corrected chi connectivity index (χ3v) is 4.04. The zero-order valence-corrected chi connectivity index (χ0v) is 10.1. The minimum atomic E-state index is 0.112. The Labute approximate surface area is 93.0 Å². The van der Waals surface area contributed by atoms with E-state index in [9.17, 15) is 0 Å². The van der Waals surface area contributed by atoms with E-state index in [-0.39, 0.29) is 5.60 Å². The number of ether oxygens (including phenoxy) is 1. The lowest BCUT2D eigenvalue weighted by molar-refractivity contribution is -0.0672. The molecule has 2 N–H and O–H groups in total. The van der Waals surface area contributed by atoms with Gasteiger partial charge in [0.2, 0.25) is 0 Å². The average molecular weight is 212 g/mol. The molecule has 15 heavy (non-hydrogen) atoms. The summed E-state index contributed by atoms with van der Waals surface area (Å²) in [5.41, 5.74) is 0.572. The monoisotopic (exact) mass is 212 g/mol. The first-order valence-corrected chi connectivity index (χ1v) is 6.28. The van der Waals surface area contributed by atoms with Crippen LogP contribution in [-0.2, 0) is 4.74 Å². The van der Waals surface area contributed by atoms with Gasteiger partial charge in [0, 0.05) is 25.2 Å². The summed E-state index contributed by atoms with van der Waals surface area (Å²) in [6.45, 7) is 8.33. The fourth-order valence-electron chi connectivity index (χ4n) is 2.45. The zero-order valence-electron chi connectivity index (χ0n) is 10.1. The zero-order chi connectivity index (χ0) is 10.8. The van der Waals surface area contributed by atoms with Crippen molar-refractivity contribution in [1.29, 1.82) is 0 Å². The first kappa shape index (κ1) is 11.4. The molecule has 1 saturated carbocycles. The van der Waals surface area contributed by atoms with Gasteiger partial charge in [0.25, 0.3) is 0 Å². The molecule has 3 heteroatoms. The van der Waals surface area contributed by atoms with E-state index in [0.29, 0.717) is 5.54 Å². The number of hydrogen-bond acceptors (Lipinski definition) is 3. The SMILES string of the molecule is CCC1(NCCOC2(C)CNC2)CCC1. The summed E-state index contributed by atoms with van der Waals surface area (Å²) in [4.78, 5) is 0. The van der Waals surface area contributed by atoms with Crippen molar-refractivity contribution in [2.75, 3.05) is 26.2 Å². The standard InChI is InChI=1S/C12H24N2O/c1-3-12(5-4-6-12)14-7-8-15-11(2)9-13-10-11/h13-14H,3-10H2,1-2H3. The van der Waals surface area contributed by atoms with Gasteiger partial charge in [-0.1, -0.05) is 6.92 Å². The summed E-state index contributed by atoms with van der Waals surface area (Å²) in [7, 11) is 0. The molecule has 0 bridgehead atoms.